The molecule has 5 atom stereocenters. The summed E-state index contributed by atoms with van der Waals surface area (Å²) in [7, 11) is 0. The van der Waals surface area contributed by atoms with Crippen molar-refractivity contribution in [3.63, 3.8) is 0 Å². The van der Waals surface area contributed by atoms with Crippen LogP contribution in [0.2, 0.25) is 0 Å². The fraction of sp³-hybridized carbons (Fsp3) is 0.444. The third-order valence-corrected chi connectivity index (χ3v) is 7.56. The molecule has 3 saturated heterocycles. The summed E-state index contributed by atoms with van der Waals surface area (Å²) in [5.74, 6) is -2.66. The van der Waals surface area contributed by atoms with Crippen molar-refractivity contribution in [2.24, 2.45) is 11.8 Å². The lowest BCUT2D eigenvalue weighted by atomic mass is 9.70. The fourth-order valence-corrected chi connectivity index (χ4v) is 6.23. The average Bonchev–Trinajstić information content (AvgIpc) is 3.50. The number of anilines is 1. The minimum absolute atomic E-state index is 0.0172. The van der Waals surface area contributed by atoms with Crippen LogP contribution >= 0.6 is 0 Å². The maximum atomic E-state index is 14.2. The number of aliphatic hydroxyl groups is 1. The quantitative estimate of drug-likeness (QED) is 0.462. The second kappa shape index (κ2) is 9.09. The molecule has 3 aliphatic rings. The number of amides is 2. The first kappa shape index (κ1) is 23.5. The van der Waals surface area contributed by atoms with Gasteiger partial charge in [-0.25, -0.2) is 0 Å². The van der Waals surface area contributed by atoms with E-state index in [1.165, 1.54) is 4.90 Å². The maximum Gasteiger partial charge on any atom is 0.312 e. The molecule has 3 fully saturated rings. The molecule has 2 aromatic rings. The smallest absolute Gasteiger partial charge is 0.312 e. The molecule has 0 radical (unpaired) electrons. The Kier molecular flexibility index (Phi) is 6.11. The zero-order chi connectivity index (χ0) is 24.7. The first-order valence-electron chi connectivity index (χ1n) is 12.1. The highest BCUT2D eigenvalue weighted by molar-refractivity contribution is 6.05. The Morgan fingerprint density at radius 3 is 2.77 bits per heavy atom. The number of aliphatic hydroxyl groups excluding tert-OH is 1. The van der Waals surface area contributed by atoms with Crippen molar-refractivity contribution in [2.45, 2.75) is 37.5 Å². The first-order chi connectivity index (χ1) is 17.0. The first-order valence-corrected chi connectivity index (χ1v) is 12.1. The molecule has 3 heterocycles. The summed E-state index contributed by atoms with van der Waals surface area (Å²) in [4.78, 5) is 43.7. The molecule has 8 heteroatoms. The van der Waals surface area contributed by atoms with E-state index < -0.39 is 35.6 Å². The summed E-state index contributed by atoms with van der Waals surface area (Å²) < 4.78 is 11.6. The van der Waals surface area contributed by atoms with Gasteiger partial charge in [-0.15, -0.1) is 6.58 Å². The van der Waals surface area contributed by atoms with Gasteiger partial charge >= 0.3 is 5.97 Å². The molecule has 8 nitrogen and oxygen atoms in total. The van der Waals surface area contributed by atoms with Gasteiger partial charge < -0.3 is 24.4 Å². The summed E-state index contributed by atoms with van der Waals surface area (Å²) in [6.07, 6.45) is 2.25. The number of fused-ring (bicyclic) bond motifs is 2. The Labute approximate surface area is 204 Å². The van der Waals surface area contributed by atoms with Crippen LogP contribution in [0.15, 0.2) is 55.1 Å². The number of carbonyl (C=O) groups excluding carboxylic acids is 3. The molecule has 0 unspecified atom stereocenters. The van der Waals surface area contributed by atoms with Gasteiger partial charge in [0.1, 0.15) is 11.6 Å². The number of carbonyl (C=O) groups is 3. The standard InChI is InChI=1S/C27H30N2O6/c1-3-13-28(19-10-9-17-7-5-6-8-18(17)16-19)25(32)23-27-12-11-20(35-27)21(26(33)34-4-2)22(27)24(31)29(23)14-15-30/h3,5-10,16,20-23,30H,1,4,11-15H2,2H3/t20-,21+,22+,23-,27+/m1/s1. The number of ether oxygens (including phenoxy) is 2. The summed E-state index contributed by atoms with van der Waals surface area (Å²) in [5, 5.41) is 11.8. The van der Waals surface area contributed by atoms with Crippen LogP contribution in [0.25, 0.3) is 10.8 Å². The highest BCUT2D eigenvalue weighted by Gasteiger charge is 2.75. The van der Waals surface area contributed by atoms with E-state index in [1.807, 2.05) is 42.5 Å². The molecule has 1 spiro atoms. The molecule has 35 heavy (non-hydrogen) atoms. The molecule has 0 aliphatic carbocycles. The van der Waals surface area contributed by atoms with Gasteiger partial charge in [0.2, 0.25) is 5.91 Å². The van der Waals surface area contributed by atoms with Crippen LogP contribution < -0.4 is 4.90 Å². The highest BCUT2D eigenvalue weighted by Crippen LogP contribution is 2.58. The van der Waals surface area contributed by atoms with Crippen molar-refractivity contribution in [3.05, 3.63) is 55.1 Å². The number of nitrogens with zero attached hydrogens (tertiary/aromatic N) is 2. The molecule has 0 aromatic heterocycles. The summed E-state index contributed by atoms with van der Waals surface area (Å²) in [6, 6.07) is 12.7. The van der Waals surface area contributed by atoms with Crippen LogP contribution in [0.5, 0.6) is 0 Å². The van der Waals surface area contributed by atoms with Crippen LogP contribution in [0, 0.1) is 11.8 Å². The SMILES string of the molecule is C=CCN(C(=O)[C@H]1N(CCO)C(=O)[C@@H]2[C@@H](C(=O)OCC)[C@H]3CC[C@]21O3)c1ccc2ccccc2c1. The predicted molar refractivity (Wildman–Crippen MR) is 130 cm³/mol. The number of esters is 1. The van der Waals surface area contributed by atoms with Gasteiger partial charge in [-0.05, 0) is 42.7 Å². The molecule has 1 N–H and O–H groups in total. The Morgan fingerprint density at radius 1 is 1.29 bits per heavy atom. The molecule has 2 aromatic carbocycles. The van der Waals surface area contributed by atoms with Crippen molar-refractivity contribution >= 4 is 34.2 Å². The van der Waals surface area contributed by atoms with E-state index in [9.17, 15) is 19.5 Å². The van der Waals surface area contributed by atoms with E-state index in [2.05, 4.69) is 6.58 Å². The van der Waals surface area contributed by atoms with Gasteiger partial charge in [0.05, 0.1) is 31.2 Å². The molecule has 5 rings (SSSR count). The molecule has 2 amide bonds. The monoisotopic (exact) mass is 478 g/mol. The van der Waals surface area contributed by atoms with Crippen LogP contribution in [-0.2, 0) is 23.9 Å². The molecule has 184 valence electrons. The zero-order valence-corrected chi connectivity index (χ0v) is 19.8. The Morgan fingerprint density at radius 2 is 2.06 bits per heavy atom. The van der Waals surface area contributed by atoms with Gasteiger partial charge in [0.15, 0.2) is 0 Å². The summed E-state index contributed by atoms with van der Waals surface area (Å²) in [5.41, 5.74) is -0.443. The Balaban J connectivity index is 1.56. The molecule has 2 bridgehead atoms. The molecule has 3 aliphatic heterocycles. The van der Waals surface area contributed by atoms with Crippen molar-refractivity contribution < 1.29 is 29.0 Å². The molecule has 0 saturated carbocycles. The summed E-state index contributed by atoms with van der Waals surface area (Å²) >= 11 is 0. The van der Waals surface area contributed by atoms with Gasteiger partial charge in [0, 0.05) is 18.8 Å². The van der Waals surface area contributed by atoms with E-state index in [1.54, 1.807) is 17.9 Å². The third-order valence-electron chi connectivity index (χ3n) is 7.56. The molecular formula is C27H30N2O6. The van der Waals surface area contributed by atoms with Gasteiger partial charge in [0.25, 0.3) is 5.91 Å². The van der Waals surface area contributed by atoms with E-state index in [0.717, 1.165) is 10.8 Å². The normalized spacial score (nSPS) is 28.9. The second-order valence-electron chi connectivity index (χ2n) is 9.33. The topological polar surface area (TPSA) is 96.4 Å². The third kappa shape index (κ3) is 3.54. The largest absolute Gasteiger partial charge is 0.466 e. The lowest BCUT2D eigenvalue weighted by molar-refractivity contribution is -0.154. The predicted octanol–water partition coefficient (Wildman–Crippen LogP) is 2.29. The van der Waals surface area contributed by atoms with Crippen molar-refractivity contribution in [1.82, 2.24) is 4.90 Å². The minimum Gasteiger partial charge on any atom is -0.466 e. The Bertz CT molecular complexity index is 1180. The number of benzene rings is 2. The van der Waals surface area contributed by atoms with Crippen LogP contribution in [0.4, 0.5) is 5.69 Å². The number of rotatable bonds is 8. The maximum absolute atomic E-state index is 14.2. The lowest BCUT2D eigenvalue weighted by Gasteiger charge is -2.36. The average molecular weight is 479 g/mol. The lowest BCUT2D eigenvalue weighted by Crippen LogP contribution is -2.56. The fourth-order valence-electron chi connectivity index (χ4n) is 6.23. The van der Waals surface area contributed by atoms with E-state index in [4.69, 9.17) is 9.47 Å². The highest BCUT2D eigenvalue weighted by atomic mass is 16.6. The van der Waals surface area contributed by atoms with Crippen LogP contribution in [0.1, 0.15) is 19.8 Å². The van der Waals surface area contributed by atoms with Gasteiger partial charge in [-0.1, -0.05) is 36.4 Å². The van der Waals surface area contributed by atoms with Gasteiger partial charge in [-0.3, -0.25) is 14.4 Å². The minimum atomic E-state index is -1.12. The number of likely N-dealkylation sites (tertiary alicyclic amines) is 1. The second-order valence-corrected chi connectivity index (χ2v) is 9.33. The van der Waals surface area contributed by atoms with E-state index in [-0.39, 0.29) is 38.1 Å². The van der Waals surface area contributed by atoms with Crippen molar-refractivity contribution in [1.29, 1.82) is 0 Å². The summed E-state index contributed by atoms with van der Waals surface area (Å²) in [6.45, 7) is 5.67. The number of hydrogen-bond donors (Lipinski definition) is 1. The number of β-amino-alcohol motifs (C(OH)–C–C–N with tert-alkyl or cyclic N) is 1. The zero-order valence-electron chi connectivity index (χ0n) is 19.8. The Hall–Kier alpha value is -3.23. The molecular weight excluding hydrogens is 448 g/mol. The van der Waals surface area contributed by atoms with Gasteiger partial charge in [-0.2, -0.15) is 0 Å². The van der Waals surface area contributed by atoms with Crippen LogP contribution in [-0.4, -0.2) is 71.8 Å². The number of hydrogen-bond acceptors (Lipinski definition) is 6. The van der Waals surface area contributed by atoms with E-state index >= 15 is 0 Å². The van der Waals surface area contributed by atoms with Crippen LogP contribution in [0.3, 0.4) is 0 Å². The van der Waals surface area contributed by atoms with Crippen molar-refractivity contribution in [2.75, 3.05) is 31.2 Å². The van der Waals surface area contributed by atoms with E-state index in [0.29, 0.717) is 18.5 Å². The van der Waals surface area contributed by atoms with Crippen molar-refractivity contribution in [3.8, 4) is 0 Å².